The lowest BCUT2D eigenvalue weighted by atomic mass is 9.98. The van der Waals surface area contributed by atoms with E-state index in [1.807, 2.05) is 6.07 Å². The molecule has 1 aromatic carbocycles. The number of rotatable bonds is 5. The summed E-state index contributed by atoms with van der Waals surface area (Å²) >= 11 is 0. The van der Waals surface area contributed by atoms with E-state index in [4.69, 9.17) is 10.00 Å². The van der Waals surface area contributed by atoms with Crippen LogP contribution in [0.5, 0.6) is 0 Å². The molecule has 124 valence electrons. The van der Waals surface area contributed by atoms with Crippen LogP contribution in [0.3, 0.4) is 0 Å². The zero-order chi connectivity index (χ0) is 16.9. The normalized spacial score (nSPS) is 16.7. The van der Waals surface area contributed by atoms with Crippen LogP contribution in [-0.4, -0.2) is 38.4 Å². The lowest BCUT2D eigenvalue weighted by Crippen LogP contribution is -2.40. The molecule has 1 aliphatic heterocycles. The van der Waals surface area contributed by atoms with Gasteiger partial charge in [0.15, 0.2) is 0 Å². The quantitative estimate of drug-likeness (QED) is 0.764. The number of piperidine rings is 1. The Kier molecular flexibility index (Phi) is 5.74. The van der Waals surface area contributed by atoms with Crippen LogP contribution in [0, 0.1) is 17.2 Å². The van der Waals surface area contributed by atoms with Crippen molar-refractivity contribution >= 4 is 16.0 Å². The van der Waals surface area contributed by atoms with Gasteiger partial charge in [0.25, 0.3) is 0 Å². The smallest absolute Gasteiger partial charge is 0.309 e. The molecule has 0 aromatic heterocycles. The van der Waals surface area contributed by atoms with Crippen molar-refractivity contribution in [1.82, 2.24) is 4.31 Å². The van der Waals surface area contributed by atoms with Gasteiger partial charge < -0.3 is 4.74 Å². The van der Waals surface area contributed by atoms with E-state index in [0.29, 0.717) is 32.5 Å². The van der Waals surface area contributed by atoms with Gasteiger partial charge in [0.1, 0.15) is 0 Å². The van der Waals surface area contributed by atoms with Crippen molar-refractivity contribution in [2.24, 2.45) is 5.92 Å². The number of benzene rings is 1. The summed E-state index contributed by atoms with van der Waals surface area (Å²) in [6.07, 6.45) is 1.21. The van der Waals surface area contributed by atoms with Crippen molar-refractivity contribution in [2.75, 3.05) is 19.7 Å². The van der Waals surface area contributed by atoms with E-state index in [2.05, 4.69) is 0 Å². The number of ether oxygens (including phenoxy) is 1. The molecular formula is C16H20N2O4S. The predicted octanol–water partition coefficient (Wildman–Crippen LogP) is 1.72. The van der Waals surface area contributed by atoms with Gasteiger partial charge in [-0.25, -0.2) is 8.42 Å². The lowest BCUT2D eigenvalue weighted by Gasteiger charge is -2.30. The van der Waals surface area contributed by atoms with Crippen molar-refractivity contribution in [3.63, 3.8) is 0 Å². The van der Waals surface area contributed by atoms with Crippen LogP contribution in [-0.2, 0) is 26.0 Å². The molecule has 0 aliphatic carbocycles. The topological polar surface area (TPSA) is 87.5 Å². The summed E-state index contributed by atoms with van der Waals surface area (Å²) in [6, 6.07) is 8.39. The van der Waals surface area contributed by atoms with Crippen LogP contribution in [0.4, 0.5) is 0 Å². The van der Waals surface area contributed by atoms with Crippen LogP contribution in [0.25, 0.3) is 0 Å². The van der Waals surface area contributed by atoms with Gasteiger partial charge >= 0.3 is 5.97 Å². The third kappa shape index (κ3) is 4.09. The van der Waals surface area contributed by atoms with Crippen LogP contribution in [0.2, 0.25) is 0 Å². The first kappa shape index (κ1) is 17.4. The van der Waals surface area contributed by atoms with Crippen LogP contribution < -0.4 is 0 Å². The third-order valence-electron chi connectivity index (χ3n) is 3.92. The van der Waals surface area contributed by atoms with E-state index >= 15 is 0 Å². The molecule has 0 amide bonds. The summed E-state index contributed by atoms with van der Waals surface area (Å²) < 4.78 is 31.6. The van der Waals surface area contributed by atoms with Gasteiger partial charge in [-0.05, 0) is 37.5 Å². The Bertz CT molecular complexity index is 684. The van der Waals surface area contributed by atoms with Crippen molar-refractivity contribution < 1.29 is 17.9 Å². The van der Waals surface area contributed by atoms with Gasteiger partial charge in [-0.3, -0.25) is 4.79 Å². The Balaban J connectivity index is 2.04. The van der Waals surface area contributed by atoms with E-state index in [9.17, 15) is 13.2 Å². The number of carbonyl (C=O) groups is 1. The average molecular weight is 336 g/mol. The fraction of sp³-hybridized carbons (Fsp3) is 0.500. The second kappa shape index (κ2) is 7.57. The number of nitrogens with zero attached hydrogens (tertiary/aromatic N) is 2. The van der Waals surface area contributed by atoms with Gasteiger partial charge in [-0.1, -0.05) is 12.1 Å². The summed E-state index contributed by atoms with van der Waals surface area (Å²) in [5, 5.41) is 8.65. The maximum atomic E-state index is 12.6. The number of hydrogen-bond acceptors (Lipinski definition) is 5. The van der Waals surface area contributed by atoms with E-state index < -0.39 is 10.0 Å². The average Bonchev–Trinajstić information content (AvgIpc) is 2.56. The van der Waals surface area contributed by atoms with E-state index in [1.54, 1.807) is 19.1 Å². The fourth-order valence-electron chi connectivity index (χ4n) is 2.61. The maximum Gasteiger partial charge on any atom is 0.309 e. The van der Waals surface area contributed by atoms with Gasteiger partial charge in [0.05, 0.1) is 29.9 Å². The molecule has 2 rings (SSSR count). The summed E-state index contributed by atoms with van der Waals surface area (Å²) in [4.78, 5) is 11.9. The Morgan fingerprint density at radius 3 is 2.43 bits per heavy atom. The largest absolute Gasteiger partial charge is 0.466 e. The molecule has 1 saturated heterocycles. The van der Waals surface area contributed by atoms with E-state index in [1.165, 1.54) is 16.4 Å². The Morgan fingerprint density at radius 1 is 1.30 bits per heavy atom. The second-order valence-corrected chi connectivity index (χ2v) is 7.35. The van der Waals surface area contributed by atoms with Crippen molar-refractivity contribution in [3.05, 3.63) is 29.8 Å². The Labute approximate surface area is 136 Å². The fourth-order valence-corrected chi connectivity index (χ4v) is 4.08. The Morgan fingerprint density at radius 2 is 1.91 bits per heavy atom. The first-order valence-corrected chi connectivity index (χ1v) is 9.05. The molecule has 0 unspecified atom stereocenters. The van der Waals surface area contributed by atoms with Crippen molar-refractivity contribution in [2.45, 2.75) is 31.1 Å². The molecule has 1 aliphatic rings. The molecule has 0 atom stereocenters. The molecule has 7 heteroatoms. The maximum absolute atomic E-state index is 12.6. The van der Waals surface area contributed by atoms with Gasteiger partial charge in [-0.15, -0.1) is 0 Å². The zero-order valence-corrected chi connectivity index (χ0v) is 13.9. The molecule has 23 heavy (non-hydrogen) atoms. The van der Waals surface area contributed by atoms with Gasteiger partial charge in [0.2, 0.25) is 10.0 Å². The highest BCUT2D eigenvalue weighted by Gasteiger charge is 2.32. The van der Waals surface area contributed by atoms with Crippen molar-refractivity contribution in [3.8, 4) is 6.07 Å². The standard InChI is InChI=1S/C16H20N2O4S/c1-2-22-16(19)14-8-11-18(12-9-14)23(20,21)15-5-3-13(4-6-15)7-10-17/h3-6,14H,2,7-9,11-12H2,1H3. The van der Waals surface area contributed by atoms with Crippen LogP contribution in [0.15, 0.2) is 29.2 Å². The Hall–Kier alpha value is -1.91. The highest BCUT2D eigenvalue weighted by atomic mass is 32.2. The predicted molar refractivity (Wildman–Crippen MR) is 83.9 cm³/mol. The van der Waals surface area contributed by atoms with Crippen molar-refractivity contribution in [1.29, 1.82) is 5.26 Å². The first-order chi connectivity index (χ1) is 11.0. The number of carbonyl (C=O) groups excluding carboxylic acids is 1. The molecule has 1 aromatic rings. The minimum absolute atomic E-state index is 0.216. The number of nitriles is 1. The minimum Gasteiger partial charge on any atom is -0.466 e. The summed E-state index contributed by atoms with van der Waals surface area (Å²) in [5.74, 6) is -0.468. The molecule has 0 bridgehead atoms. The highest BCUT2D eigenvalue weighted by molar-refractivity contribution is 7.89. The van der Waals surface area contributed by atoms with Gasteiger partial charge in [-0.2, -0.15) is 9.57 Å². The highest BCUT2D eigenvalue weighted by Crippen LogP contribution is 2.24. The molecule has 1 heterocycles. The van der Waals surface area contributed by atoms with Crippen LogP contribution in [0.1, 0.15) is 25.3 Å². The SMILES string of the molecule is CCOC(=O)C1CCN(S(=O)(=O)c2ccc(CC#N)cc2)CC1. The van der Waals surface area contributed by atoms with Crippen LogP contribution >= 0.6 is 0 Å². The minimum atomic E-state index is -3.56. The molecule has 1 fully saturated rings. The second-order valence-electron chi connectivity index (χ2n) is 5.41. The first-order valence-electron chi connectivity index (χ1n) is 7.61. The molecular weight excluding hydrogens is 316 g/mol. The van der Waals surface area contributed by atoms with E-state index in [0.717, 1.165) is 5.56 Å². The lowest BCUT2D eigenvalue weighted by molar-refractivity contribution is -0.149. The number of esters is 1. The van der Waals surface area contributed by atoms with E-state index in [-0.39, 0.29) is 23.2 Å². The summed E-state index contributed by atoms with van der Waals surface area (Å²) in [7, 11) is -3.56. The molecule has 6 nitrogen and oxygen atoms in total. The number of hydrogen-bond donors (Lipinski definition) is 0. The molecule has 0 spiro atoms. The molecule has 0 radical (unpaired) electrons. The summed E-state index contributed by atoms with van der Waals surface area (Å²) in [5.41, 5.74) is 0.785. The third-order valence-corrected chi connectivity index (χ3v) is 5.83. The monoisotopic (exact) mass is 336 g/mol. The molecule has 0 N–H and O–H groups in total. The number of sulfonamides is 1. The zero-order valence-electron chi connectivity index (χ0n) is 13.1. The van der Waals surface area contributed by atoms with Gasteiger partial charge in [0, 0.05) is 13.1 Å². The summed E-state index contributed by atoms with van der Waals surface area (Å²) in [6.45, 7) is 2.72. The molecule has 0 saturated carbocycles.